The van der Waals surface area contributed by atoms with E-state index >= 15 is 0 Å². The van der Waals surface area contributed by atoms with Crippen molar-refractivity contribution in [2.75, 3.05) is 47.5 Å². The molecule has 0 aliphatic rings. The van der Waals surface area contributed by atoms with Crippen LogP contribution >= 0.6 is 0 Å². The first-order valence-electron chi connectivity index (χ1n) is 15.0. The molecule has 0 aromatic rings. The van der Waals surface area contributed by atoms with Crippen molar-refractivity contribution in [3.63, 3.8) is 0 Å². The van der Waals surface area contributed by atoms with Crippen molar-refractivity contribution in [3.8, 4) is 0 Å². The monoisotopic (exact) mass is 641 g/mol. The number of ether oxygens (including phenoxy) is 3. The highest BCUT2D eigenvalue weighted by Gasteiger charge is 2.16. The normalized spacial score (nSPS) is 12.1. The lowest BCUT2D eigenvalue weighted by Gasteiger charge is -2.23. The van der Waals surface area contributed by atoms with E-state index in [0.717, 1.165) is 30.3 Å². The first-order chi connectivity index (χ1) is 17.2. The van der Waals surface area contributed by atoms with Crippen LogP contribution in [0.15, 0.2) is 0 Å². The second-order valence-electron chi connectivity index (χ2n) is 11.4. The summed E-state index contributed by atoms with van der Waals surface area (Å²) in [6.07, 6.45) is 22.1. The van der Waals surface area contributed by atoms with Crippen LogP contribution in [0.2, 0.25) is 0 Å². The lowest BCUT2D eigenvalue weighted by molar-refractivity contribution is -0.870. The van der Waals surface area contributed by atoms with E-state index in [1.165, 1.54) is 96.8 Å². The Hall–Kier alpha value is -0.410. The van der Waals surface area contributed by atoms with E-state index in [9.17, 15) is 9.59 Å². The molecule has 0 amide bonds. The van der Waals surface area contributed by atoms with E-state index in [-0.39, 0.29) is 49.1 Å². The van der Waals surface area contributed by atoms with E-state index in [4.69, 9.17) is 14.2 Å². The molecule has 0 saturated carbocycles. The van der Waals surface area contributed by atoms with Crippen molar-refractivity contribution in [2.24, 2.45) is 0 Å². The molecule has 0 aliphatic carbocycles. The van der Waals surface area contributed by atoms with Crippen LogP contribution in [0.25, 0.3) is 0 Å². The van der Waals surface area contributed by atoms with Crippen molar-refractivity contribution < 1.29 is 52.3 Å². The van der Waals surface area contributed by atoms with E-state index in [1.54, 1.807) is 0 Å². The highest BCUT2D eigenvalue weighted by molar-refractivity contribution is 5.69. The average Bonchev–Trinajstić information content (AvgIpc) is 2.80. The van der Waals surface area contributed by atoms with Gasteiger partial charge in [0.15, 0.2) is 6.10 Å². The number of carbonyl (C=O) groups excluding carboxylic acids is 2. The van der Waals surface area contributed by atoms with Gasteiger partial charge in [-0.1, -0.05) is 103 Å². The van der Waals surface area contributed by atoms with Gasteiger partial charge in [-0.15, -0.1) is 0 Å². The number of esters is 2. The lowest BCUT2D eigenvalue weighted by atomic mass is 10.0. The van der Waals surface area contributed by atoms with E-state index < -0.39 is 6.10 Å². The summed E-state index contributed by atoms with van der Waals surface area (Å²) in [5.41, 5.74) is 0. The average molecular weight is 642 g/mol. The topological polar surface area (TPSA) is 61.8 Å². The highest BCUT2D eigenvalue weighted by atomic mass is 127. The fourth-order valence-corrected chi connectivity index (χ4v) is 4.27. The molecule has 0 aliphatic heterocycles. The number of halogens is 1. The fraction of sp³-hybridized carbons (Fsp3) is 0.933. The minimum absolute atomic E-state index is 0. The zero-order chi connectivity index (χ0) is 26.9. The number of nitrogens with zero attached hydrogens (tertiary/aromatic N) is 1. The van der Waals surface area contributed by atoms with Gasteiger partial charge >= 0.3 is 11.9 Å². The minimum Gasteiger partial charge on any atom is -1.00 e. The molecule has 6 nitrogen and oxygen atoms in total. The SMILES string of the molecule is CCCCCCCCCCCCCCCCCCOCC(COC(=O)CCC[N+](C)(C)C)OC(C)=O.[I-]. The van der Waals surface area contributed by atoms with Crippen molar-refractivity contribution in [2.45, 2.75) is 136 Å². The molecule has 0 bridgehead atoms. The third kappa shape index (κ3) is 31.7. The van der Waals surface area contributed by atoms with Gasteiger partial charge in [-0.05, 0) is 6.42 Å². The van der Waals surface area contributed by atoms with Crippen molar-refractivity contribution >= 4 is 11.9 Å². The Morgan fingerprint density at radius 3 is 1.57 bits per heavy atom. The van der Waals surface area contributed by atoms with Gasteiger partial charge in [0.25, 0.3) is 0 Å². The zero-order valence-electron chi connectivity index (χ0n) is 25.0. The van der Waals surface area contributed by atoms with Gasteiger partial charge in [-0.2, -0.15) is 0 Å². The lowest BCUT2D eigenvalue weighted by Crippen LogP contribution is -3.00. The molecule has 37 heavy (non-hydrogen) atoms. The number of carbonyl (C=O) groups is 2. The van der Waals surface area contributed by atoms with E-state index in [2.05, 4.69) is 28.1 Å². The van der Waals surface area contributed by atoms with E-state index in [1.807, 2.05) is 0 Å². The standard InChI is InChI=1S/C30H60NO5.HI/c1-6-7-8-9-10-11-12-13-14-15-16-17-18-19-20-21-25-34-26-29(36-28(2)32)27-35-30(33)23-22-24-31(3,4)5;/h29H,6-27H2,1-5H3;1H/q+1;/p-1. The molecule has 1 unspecified atom stereocenters. The van der Waals surface area contributed by atoms with Crippen LogP contribution in [0, 0.1) is 0 Å². The van der Waals surface area contributed by atoms with Crippen LogP contribution in [0.3, 0.4) is 0 Å². The summed E-state index contributed by atoms with van der Waals surface area (Å²) in [6, 6.07) is 0. The quantitative estimate of drug-likeness (QED) is 0.0613. The first-order valence-corrected chi connectivity index (χ1v) is 15.0. The third-order valence-electron chi connectivity index (χ3n) is 6.42. The van der Waals surface area contributed by atoms with Crippen LogP contribution in [0.4, 0.5) is 0 Å². The Balaban J connectivity index is 0. The summed E-state index contributed by atoms with van der Waals surface area (Å²) in [5, 5.41) is 0. The van der Waals surface area contributed by atoms with E-state index in [0.29, 0.717) is 13.0 Å². The first kappa shape index (κ1) is 38.7. The summed E-state index contributed by atoms with van der Waals surface area (Å²) in [7, 11) is 6.29. The van der Waals surface area contributed by atoms with Crippen LogP contribution in [0.1, 0.15) is 129 Å². The van der Waals surface area contributed by atoms with Crippen LogP contribution in [-0.4, -0.2) is 70.0 Å². The number of rotatable bonds is 26. The van der Waals surface area contributed by atoms with Gasteiger partial charge in [0, 0.05) is 20.0 Å². The summed E-state index contributed by atoms with van der Waals surface area (Å²) >= 11 is 0. The Kier molecular flexibility index (Phi) is 28.4. The van der Waals surface area contributed by atoms with Gasteiger partial charge in [0.05, 0.1) is 40.7 Å². The molecule has 0 heterocycles. The molecular formula is C30H60INO5. The maximum absolute atomic E-state index is 12.0. The predicted molar refractivity (Wildman–Crippen MR) is 149 cm³/mol. The second-order valence-corrected chi connectivity index (χ2v) is 11.4. The Bertz CT molecular complexity index is 525. The minimum atomic E-state index is -0.536. The molecule has 1 atom stereocenters. The van der Waals surface area contributed by atoms with Crippen LogP contribution < -0.4 is 24.0 Å². The number of unbranched alkanes of at least 4 members (excludes halogenated alkanes) is 15. The maximum Gasteiger partial charge on any atom is 0.306 e. The van der Waals surface area contributed by atoms with Gasteiger partial charge in [0.1, 0.15) is 6.61 Å². The molecule has 0 fully saturated rings. The Labute approximate surface area is 246 Å². The molecule has 0 rings (SSSR count). The van der Waals surface area contributed by atoms with Crippen molar-refractivity contribution in [1.29, 1.82) is 0 Å². The maximum atomic E-state index is 12.0. The number of quaternary nitrogens is 1. The third-order valence-corrected chi connectivity index (χ3v) is 6.42. The largest absolute Gasteiger partial charge is 1.00 e. The molecule has 0 N–H and O–H groups in total. The van der Waals surface area contributed by atoms with Gasteiger partial charge in [0.2, 0.25) is 0 Å². The summed E-state index contributed by atoms with van der Waals surface area (Å²) in [5.74, 6) is -0.634. The molecule has 222 valence electrons. The van der Waals surface area contributed by atoms with Gasteiger partial charge in [-0.25, -0.2) is 0 Å². The Morgan fingerprint density at radius 2 is 1.14 bits per heavy atom. The molecule has 0 aromatic heterocycles. The van der Waals surface area contributed by atoms with Crippen molar-refractivity contribution in [3.05, 3.63) is 0 Å². The molecule has 0 radical (unpaired) electrons. The summed E-state index contributed by atoms with van der Waals surface area (Å²) in [4.78, 5) is 23.3. The Morgan fingerprint density at radius 1 is 0.676 bits per heavy atom. The molecular weight excluding hydrogens is 581 g/mol. The molecule has 0 spiro atoms. The number of hydrogen-bond acceptors (Lipinski definition) is 5. The number of hydrogen-bond donors (Lipinski definition) is 0. The smallest absolute Gasteiger partial charge is 0.306 e. The van der Waals surface area contributed by atoms with Gasteiger partial charge in [-0.3, -0.25) is 9.59 Å². The molecule has 0 saturated heterocycles. The van der Waals surface area contributed by atoms with Crippen LogP contribution in [-0.2, 0) is 23.8 Å². The second kappa shape index (κ2) is 27.2. The van der Waals surface area contributed by atoms with Crippen LogP contribution in [0.5, 0.6) is 0 Å². The summed E-state index contributed by atoms with van der Waals surface area (Å²) < 4.78 is 17.1. The highest BCUT2D eigenvalue weighted by Crippen LogP contribution is 2.14. The fourth-order valence-electron chi connectivity index (χ4n) is 4.27. The zero-order valence-corrected chi connectivity index (χ0v) is 27.2. The van der Waals surface area contributed by atoms with Gasteiger partial charge < -0.3 is 42.7 Å². The molecule has 0 aromatic carbocycles. The summed E-state index contributed by atoms with van der Waals surface area (Å²) in [6.45, 7) is 5.52. The predicted octanol–water partition coefficient (Wildman–Crippen LogP) is 4.23. The molecule has 7 heteroatoms. The van der Waals surface area contributed by atoms with Crippen molar-refractivity contribution in [1.82, 2.24) is 0 Å².